The van der Waals surface area contributed by atoms with Crippen LogP contribution in [-0.4, -0.2) is 24.2 Å². The van der Waals surface area contributed by atoms with Crippen LogP contribution in [0.5, 0.6) is 5.75 Å². The number of aryl methyl sites for hydroxylation is 1. The second-order valence-corrected chi connectivity index (χ2v) is 6.60. The maximum atomic E-state index is 5.49. The lowest BCUT2D eigenvalue weighted by atomic mass is 10.1. The molecule has 0 amide bonds. The summed E-state index contributed by atoms with van der Waals surface area (Å²) >= 11 is 8.99. The summed E-state index contributed by atoms with van der Waals surface area (Å²) < 4.78 is 6.44. The van der Waals surface area contributed by atoms with Gasteiger partial charge in [0.2, 0.25) is 0 Å². The zero-order valence-electron chi connectivity index (χ0n) is 13.6. The van der Waals surface area contributed by atoms with Crippen LogP contribution in [0.25, 0.3) is 0 Å². The van der Waals surface area contributed by atoms with Crippen molar-refractivity contribution >= 4 is 38.9 Å². The maximum absolute atomic E-state index is 5.49. The highest BCUT2D eigenvalue weighted by Crippen LogP contribution is 2.24. The zero-order chi connectivity index (χ0) is 16.8. The lowest BCUT2D eigenvalue weighted by Gasteiger charge is -2.22. The van der Waals surface area contributed by atoms with E-state index in [1.807, 2.05) is 30.1 Å². The fraction of sp³-hybridized carbons (Fsp3) is 0.278. The number of hydrogen-bond acceptors (Lipinski definition) is 2. The molecule has 5 heteroatoms. The van der Waals surface area contributed by atoms with Crippen LogP contribution < -0.4 is 10.1 Å². The Hall–Kier alpha value is -1.59. The predicted octanol–water partition coefficient (Wildman–Crippen LogP) is 4.85. The number of nitrogens with one attached hydrogen (secondary N) is 1. The van der Waals surface area contributed by atoms with E-state index in [0.29, 0.717) is 11.7 Å². The fourth-order valence-electron chi connectivity index (χ4n) is 2.24. The molecule has 0 radical (unpaired) electrons. The van der Waals surface area contributed by atoms with Crippen molar-refractivity contribution in [2.45, 2.75) is 19.9 Å². The summed E-state index contributed by atoms with van der Waals surface area (Å²) in [4.78, 5) is 1.99. The molecule has 0 aliphatic rings. The number of ether oxygens (including phenoxy) is 1. The number of rotatable bonds is 5. The van der Waals surface area contributed by atoms with E-state index in [4.69, 9.17) is 17.0 Å². The molecule has 3 nitrogen and oxygen atoms in total. The van der Waals surface area contributed by atoms with Gasteiger partial charge < -0.3 is 15.0 Å². The van der Waals surface area contributed by atoms with Crippen LogP contribution in [0.2, 0.25) is 0 Å². The van der Waals surface area contributed by atoms with Crippen molar-refractivity contribution in [3.05, 3.63) is 58.1 Å². The minimum atomic E-state index is 0.668. The molecular weight excluding hydrogens is 372 g/mol. The molecular formula is C18H21BrN2OS. The summed E-state index contributed by atoms with van der Waals surface area (Å²) in [7, 11) is 3.65. The van der Waals surface area contributed by atoms with Crippen molar-refractivity contribution in [1.29, 1.82) is 0 Å². The molecule has 0 bridgehead atoms. The first kappa shape index (κ1) is 17.8. The van der Waals surface area contributed by atoms with Crippen LogP contribution in [-0.2, 0) is 13.0 Å². The molecule has 0 aliphatic carbocycles. The number of hydrogen-bond donors (Lipinski definition) is 1. The third-order valence-corrected chi connectivity index (χ3v) is 4.52. The minimum Gasteiger partial charge on any atom is -0.496 e. The van der Waals surface area contributed by atoms with E-state index in [1.54, 1.807) is 7.11 Å². The van der Waals surface area contributed by atoms with Crippen LogP contribution in [0, 0.1) is 0 Å². The Bertz CT molecular complexity index is 673. The molecule has 2 aromatic rings. The number of benzene rings is 2. The van der Waals surface area contributed by atoms with Gasteiger partial charge in [0.15, 0.2) is 5.11 Å². The number of anilines is 1. The second-order valence-electron chi connectivity index (χ2n) is 5.29. The topological polar surface area (TPSA) is 24.5 Å². The highest BCUT2D eigenvalue weighted by molar-refractivity contribution is 9.10. The van der Waals surface area contributed by atoms with Crippen molar-refractivity contribution in [2.75, 3.05) is 19.5 Å². The van der Waals surface area contributed by atoms with Gasteiger partial charge in [-0.2, -0.15) is 0 Å². The summed E-state index contributed by atoms with van der Waals surface area (Å²) in [6.45, 7) is 2.81. The minimum absolute atomic E-state index is 0.668. The maximum Gasteiger partial charge on any atom is 0.173 e. The van der Waals surface area contributed by atoms with Gasteiger partial charge in [-0.05, 0) is 54.5 Å². The SMILES string of the molecule is CCc1ccc(NC(=S)N(C)Cc2cc(Br)ccc2OC)cc1. The molecule has 0 fully saturated rings. The van der Waals surface area contributed by atoms with Crippen molar-refractivity contribution < 1.29 is 4.74 Å². The van der Waals surface area contributed by atoms with Gasteiger partial charge in [0.25, 0.3) is 0 Å². The smallest absolute Gasteiger partial charge is 0.173 e. The van der Waals surface area contributed by atoms with Crippen molar-refractivity contribution in [3.63, 3.8) is 0 Å². The van der Waals surface area contributed by atoms with Gasteiger partial charge in [-0.1, -0.05) is 35.0 Å². The number of thiocarbonyl (C=S) groups is 1. The molecule has 2 rings (SSSR count). The molecule has 0 aliphatic heterocycles. The van der Waals surface area contributed by atoms with Crippen LogP contribution in [0.3, 0.4) is 0 Å². The molecule has 122 valence electrons. The Morgan fingerprint density at radius 1 is 1.22 bits per heavy atom. The summed E-state index contributed by atoms with van der Waals surface area (Å²) in [5.41, 5.74) is 3.39. The Morgan fingerprint density at radius 3 is 2.52 bits per heavy atom. The molecule has 1 N–H and O–H groups in total. The number of methoxy groups -OCH3 is 1. The van der Waals surface area contributed by atoms with E-state index in [2.05, 4.69) is 52.4 Å². The van der Waals surface area contributed by atoms with Gasteiger partial charge in [-0.25, -0.2) is 0 Å². The van der Waals surface area contributed by atoms with Crippen LogP contribution in [0.4, 0.5) is 5.69 Å². The molecule has 0 heterocycles. The summed E-state index contributed by atoms with van der Waals surface area (Å²) in [6.07, 6.45) is 1.04. The van der Waals surface area contributed by atoms with Gasteiger partial charge in [0.1, 0.15) is 5.75 Å². The molecule has 0 saturated carbocycles. The summed E-state index contributed by atoms with van der Waals surface area (Å²) in [5.74, 6) is 0.857. The van der Waals surface area contributed by atoms with Crippen LogP contribution in [0.15, 0.2) is 46.9 Å². The van der Waals surface area contributed by atoms with Crippen LogP contribution >= 0.6 is 28.1 Å². The average molecular weight is 393 g/mol. The zero-order valence-corrected chi connectivity index (χ0v) is 16.0. The molecule has 0 aromatic heterocycles. The van der Waals surface area contributed by atoms with Gasteiger partial charge in [-0.15, -0.1) is 0 Å². The Labute approximate surface area is 151 Å². The van der Waals surface area contributed by atoms with E-state index in [0.717, 1.165) is 27.9 Å². The second kappa shape index (κ2) is 8.31. The van der Waals surface area contributed by atoms with Crippen molar-refractivity contribution in [2.24, 2.45) is 0 Å². The molecule has 2 aromatic carbocycles. The standard InChI is InChI=1S/C18H21BrN2OS/c1-4-13-5-8-16(9-6-13)20-18(23)21(2)12-14-11-15(19)7-10-17(14)22-3/h5-11H,4,12H2,1-3H3,(H,20,23). The highest BCUT2D eigenvalue weighted by Gasteiger charge is 2.10. The van der Waals surface area contributed by atoms with Gasteiger partial charge in [-0.3, -0.25) is 0 Å². The van der Waals surface area contributed by atoms with E-state index in [-0.39, 0.29) is 0 Å². The number of halogens is 1. The Balaban J connectivity index is 2.03. The first-order chi connectivity index (χ1) is 11.0. The van der Waals surface area contributed by atoms with Gasteiger partial charge >= 0.3 is 0 Å². The molecule has 0 spiro atoms. The third kappa shape index (κ3) is 4.94. The van der Waals surface area contributed by atoms with E-state index < -0.39 is 0 Å². The molecule has 0 atom stereocenters. The normalized spacial score (nSPS) is 10.3. The summed E-state index contributed by atoms with van der Waals surface area (Å²) in [6, 6.07) is 14.3. The van der Waals surface area contributed by atoms with E-state index >= 15 is 0 Å². The Kier molecular flexibility index (Phi) is 6.42. The first-order valence-corrected chi connectivity index (χ1v) is 8.67. The lowest BCUT2D eigenvalue weighted by molar-refractivity contribution is 0.399. The molecule has 0 saturated heterocycles. The van der Waals surface area contributed by atoms with Crippen molar-refractivity contribution in [1.82, 2.24) is 4.90 Å². The molecule has 0 unspecified atom stereocenters. The number of nitrogens with zero attached hydrogens (tertiary/aromatic N) is 1. The predicted molar refractivity (Wildman–Crippen MR) is 104 cm³/mol. The average Bonchev–Trinajstić information content (AvgIpc) is 2.55. The van der Waals surface area contributed by atoms with Gasteiger partial charge in [0.05, 0.1) is 7.11 Å². The molecule has 23 heavy (non-hydrogen) atoms. The quantitative estimate of drug-likeness (QED) is 0.734. The largest absolute Gasteiger partial charge is 0.496 e. The van der Waals surface area contributed by atoms with Gasteiger partial charge in [0, 0.05) is 29.3 Å². The fourth-order valence-corrected chi connectivity index (χ4v) is 2.83. The monoisotopic (exact) mass is 392 g/mol. The first-order valence-electron chi connectivity index (χ1n) is 7.47. The van der Waals surface area contributed by atoms with Crippen LogP contribution in [0.1, 0.15) is 18.1 Å². The summed E-state index contributed by atoms with van der Waals surface area (Å²) in [5, 5.41) is 3.95. The third-order valence-electron chi connectivity index (χ3n) is 3.61. The highest BCUT2D eigenvalue weighted by atomic mass is 79.9. The van der Waals surface area contributed by atoms with E-state index in [9.17, 15) is 0 Å². The van der Waals surface area contributed by atoms with E-state index in [1.165, 1.54) is 5.56 Å². The lowest BCUT2D eigenvalue weighted by Crippen LogP contribution is -2.30. The Morgan fingerprint density at radius 2 is 1.91 bits per heavy atom. The van der Waals surface area contributed by atoms with Crippen molar-refractivity contribution in [3.8, 4) is 5.75 Å².